The van der Waals surface area contributed by atoms with Crippen molar-refractivity contribution in [3.8, 4) is 17.6 Å². The second-order valence-corrected chi connectivity index (χ2v) is 3.26. The summed E-state index contributed by atoms with van der Waals surface area (Å²) in [6, 6.07) is 2.08. The fourth-order valence-corrected chi connectivity index (χ4v) is 1.26. The van der Waals surface area contributed by atoms with Crippen LogP contribution in [0.1, 0.15) is 18.9 Å². The van der Waals surface area contributed by atoms with Gasteiger partial charge in [-0.15, -0.1) is 0 Å². The zero-order valence-electron chi connectivity index (χ0n) is 10.0. The average Bonchev–Trinajstić information content (AvgIpc) is 2.29. The summed E-state index contributed by atoms with van der Waals surface area (Å²) in [5.74, 6) is 2.36. The van der Waals surface area contributed by atoms with Crippen LogP contribution in [0.4, 0.5) is 8.78 Å². The number of benzene rings is 1. The SMILES string of the molecule is CCOC(=O)CC#Cc1cc(F)c(OC)c(F)c1. The monoisotopic (exact) mass is 254 g/mol. The number of hydrogen-bond acceptors (Lipinski definition) is 3. The van der Waals surface area contributed by atoms with Crippen LogP contribution in [0.25, 0.3) is 0 Å². The minimum absolute atomic E-state index is 0.122. The molecule has 0 amide bonds. The summed E-state index contributed by atoms with van der Waals surface area (Å²) in [6.45, 7) is 1.95. The molecular formula is C13H12F2O3. The molecule has 0 N–H and O–H groups in total. The molecule has 0 unspecified atom stereocenters. The molecule has 0 aromatic heterocycles. The fraction of sp³-hybridized carbons (Fsp3) is 0.308. The number of carbonyl (C=O) groups is 1. The van der Waals surface area contributed by atoms with Crippen molar-refractivity contribution in [1.82, 2.24) is 0 Å². The molecule has 0 aliphatic carbocycles. The molecule has 1 aromatic carbocycles. The molecule has 0 fully saturated rings. The van der Waals surface area contributed by atoms with Gasteiger partial charge in [-0.2, -0.15) is 0 Å². The molecule has 0 saturated heterocycles. The van der Waals surface area contributed by atoms with Crippen molar-refractivity contribution in [2.75, 3.05) is 13.7 Å². The Kier molecular flexibility index (Phi) is 5.12. The molecule has 0 aliphatic rings. The standard InChI is InChI=1S/C13H12F2O3/c1-3-18-12(16)6-4-5-9-7-10(14)13(17-2)11(15)8-9/h7-8H,3,6H2,1-2H3. The second-order valence-electron chi connectivity index (χ2n) is 3.26. The molecule has 1 aromatic rings. The number of ether oxygens (including phenoxy) is 2. The summed E-state index contributed by atoms with van der Waals surface area (Å²) in [6.07, 6.45) is -0.122. The van der Waals surface area contributed by atoms with Gasteiger partial charge in [0.1, 0.15) is 6.42 Å². The summed E-state index contributed by atoms with van der Waals surface area (Å²) in [5, 5.41) is 0. The van der Waals surface area contributed by atoms with E-state index in [1.54, 1.807) is 6.92 Å². The van der Waals surface area contributed by atoms with Gasteiger partial charge in [0, 0.05) is 5.56 Å². The first-order valence-electron chi connectivity index (χ1n) is 5.26. The number of hydrogen-bond donors (Lipinski definition) is 0. The highest BCUT2D eigenvalue weighted by atomic mass is 19.1. The molecule has 0 saturated carbocycles. The van der Waals surface area contributed by atoms with Gasteiger partial charge in [-0.25, -0.2) is 8.78 Å². The van der Waals surface area contributed by atoms with Crippen molar-refractivity contribution in [2.24, 2.45) is 0 Å². The first-order chi connectivity index (χ1) is 8.58. The molecule has 0 bridgehead atoms. The fourth-order valence-electron chi connectivity index (χ4n) is 1.26. The second kappa shape index (κ2) is 6.60. The number of methoxy groups -OCH3 is 1. The van der Waals surface area contributed by atoms with E-state index >= 15 is 0 Å². The normalized spacial score (nSPS) is 9.33. The van der Waals surface area contributed by atoms with Crippen LogP contribution in [-0.2, 0) is 9.53 Å². The predicted octanol–water partition coefficient (Wildman–Crippen LogP) is 2.28. The third-order valence-corrected chi connectivity index (χ3v) is 1.97. The minimum atomic E-state index is -0.835. The topological polar surface area (TPSA) is 35.5 Å². The van der Waals surface area contributed by atoms with E-state index in [0.717, 1.165) is 12.1 Å². The van der Waals surface area contributed by atoms with Crippen LogP contribution in [0.2, 0.25) is 0 Å². The minimum Gasteiger partial charge on any atom is -0.491 e. The van der Waals surface area contributed by atoms with Gasteiger partial charge >= 0.3 is 5.97 Å². The van der Waals surface area contributed by atoms with Crippen LogP contribution in [0.15, 0.2) is 12.1 Å². The Balaban J connectivity index is 2.80. The van der Waals surface area contributed by atoms with Crippen LogP contribution < -0.4 is 4.74 Å². The maximum Gasteiger partial charge on any atom is 0.317 e. The lowest BCUT2D eigenvalue weighted by molar-refractivity contribution is -0.141. The van der Waals surface area contributed by atoms with Crippen molar-refractivity contribution in [3.63, 3.8) is 0 Å². The van der Waals surface area contributed by atoms with E-state index in [4.69, 9.17) is 0 Å². The molecule has 0 aliphatic heterocycles. The van der Waals surface area contributed by atoms with Gasteiger partial charge in [-0.3, -0.25) is 4.79 Å². The number of halogens is 2. The largest absolute Gasteiger partial charge is 0.491 e. The molecule has 3 nitrogen and oxygen atoms in total. The Hall–Kier alpha value is -2.09. The molecule has 18 heavy (non-hydrogen) atoms. The third-order valence-electron chi connectivity index (χ3n) is 1.97. The van der Waals surface area contributed by atoms with Crippen LogP contribution in [0.5, 0.6) is 5.75 Å². The van der Waals surface area contributed by atoms with Gasteiger partial charge in [-0.1, -0.05) is 11.8 Å². The number of carbonyl (C=O) groups excluding carboxylic acids is 1. The van der Waals surface area contributed by atoms with Crippen LogP contribution >= 0.6 is 0 Å². The summed E-state index contributed by atoms with van der Waals surface area (Å²) in [4.78, 5) is 11.0. The van der Waals surface area contributed by atoms with Crippen molar-refractivity contribution < 1.29 is 23.0 Å². The van der Waals surface area contributed by atoms with Crippen molar-refractivity contribution in [3.05, 3.63) is 29.3 Å². The van der Waals surface area contributed by atoms with E-state index in [0.29, 0.717) is 0 Å². The van der Waals surface area contributed by atoms with Gasteiger partial charge in [-0.05, 0) is 19.1 Å². The molecule has 0 radical (unpaired) electrons. The lowest BCUT2D eigenvalue weighted by atomic mass is 10.2. The Bertz CT molecular complexity index is 478. The predicted molar refractivity (Wildman–Crippen MR) is 61.0 cm³/mol. The van der Waals surface area contributed by atoms with Crippen molar-refractivity contribution in [2.45, 2.75) is 13.3 Å². The van der Waals surface area contributed by atoms with Gasteiger partial charge in [0.15, 0.2) is 17.4 Å². The zero-order chi connectivity index (χ0) is 13.5. The highest BCUT2D eigenvalue weighted by molar-refractivity contribution is 5.72. The first-order valence-corrected chi connectivity index (χ1v) is 5.26. The van der Waals surface area contributed by atoms with Crippen molar-refractivity contribution in [1.29, 1.82) is 0 Å². The van der Waals surface area contributed by atoms with E-state index in [-0.39, 0.29) is 18.6 Å². The molecule has 0 heterocycles. The van der Waals surface area contributed by atoms with Crippen LogP contribution in [-0.4, -0.2) is 19.7 Å². The van der Waals surface area contributed by atoms with Crippen LogP contribution in [0, 0.1) is 23.5 Å². The summed E-state index contributed by atoms with van der Waals surface area (Å²) in [5.41, 5.74) is 0.134. The lowest BCUT2D eigenvalue weighted by Crippen LogP contribution is -2.01. The molecule has 0 atom stereocenters. The number of esters is 1. The number of rotatable bonds is 3. The Morgan fingerprint density at radius 3 is 2.44 bits per heavy atom. The van der Waals surface area contributed by atoms with E-state index in [1.807, 2.05) is 0 Å². The quantitative estimate of drug-likeness (QED) is 0.613. The summed E-state index contributed by atoms with van der Waals surface area (Å²) < 4.78 is 35.8. The van der Waals surface area contributed by atoms with Crippen molar-refractivity contribution >= 4 is 5.97 Å². The van der Waals surface area contributed by atoms with Crippen LogP contribution in [0.3, 0.4) is 0 Å². The summed E-state index contributed by atoms with van der Waals surface area (Å²) in [7, 11) is 1.17. The lowest BCUT2D eigenvalue weighted by Gasteiger charge is -2.03. The summed E-state index contributed by atoms with van der Waals surface area (Å²) >= 11 is 0. The Morgan fingerprint density at radius 1 is 1.33 bits per heavy atom. The van der Waals surface area contributed by atoms with Gasteiger partial charge in [0.2, 0.25) is 0 Å². The average molecular weight is 254 g/mol. The Labute approximate surface area is 104 Å². The molecule has 96 valence electrons. The molecule has 1 rings (SSSR count). The maximum absolute atomic E-state index is 13.3. The van der Waals surface area contributed by atoms with Gasteiger partial charge in [0.05, 0.1) is 13.7 Å². The van der Waals surface area contributed by atoms with E-state index in [9.17, 15) is 13.6 Å². The van der Waals surface area contributed by atoms with Gasteiger partial charge in [0.25, 0.3) is 0 Å². The molecular weight excluding hydrogens is 242 g/mol. The van der Waals surface area contributed by atoms with E-state index in [1.165, 1.54) is 7.11 Å². The zero-order valence-corrected chi connectivity index (χ0v) is 10.0. The highest BCUT2D eigenvalue weighted by Gasteiger charge is 2.10. The van der Waals surface area contributed by atoms with E-state index in [2.05, 4.69) is 21.3 Å². The maximum atomic E-state index is 13.3. The smallest absolute Gasteiger partial charge is 0.317 e. The highest BCUT2D eigenvalue weighted by Crippen LogP contribution is 2.22. The Morgan fingerprint density at radius 2 is 1.94 bits per heavy atom. The molecule has 0 spiro atoms. The third kappa shape index (κ3) is 3.74. The van der Waals surface area contributed by atoms with E-state index < -0.39 is 23.4 Å². The van der Waals surface area contributed by atoms with Gasteiger partial charge < -0.3 is 9.47 Å². The first kappa shape index (κ1) is 14.0. The molecule has 5 heteroatoms.